The van der Waals surface area contributed by atoms with Crippen molar-refractivity contribution in [3.05, 3.63) is 48.5 Å². The highest BCUT2D eigenvalue weighted by atomic mass is 19.4. The van der Waals surface area contributed by atoms with Crippen LogP contribution in [0.4, 0.5) is 30.6 Å². The lowest BCUT2D eigenvalue weighted by atomic mass is 10.1. The molecule has 0 bridgehead atoms. The molecule has 0 aliphatic rings. The van der Waals surface area contributed by atoms with Crippen LogP contribution in [-0.2, 0) is 0 Å². The maximum absolute atomic E-state index is 12.7. The molecule has 8 nitrogen and oxygen atoms in total. The Bertz CT molecular complexity index is 1110. The van der Waals surface area contributed by atoms with Gasteiger partial charge in [0.25, 0.3) is 0 Å². The van der Waals surface area contributed by atoms with Crippen LogP contribution in [0.25, 0.3) is 11.3 Å². The van der Waals surface area contributed by atoms with E-state index >= 15 is 0 Å². The van der Waals surface area contributed by atoms with Gasteiger partial charge in [0.1, 0.15) is 11.6 Å². The Morgan fingerprint density at radius 1 is 0.941 bits per heavy atom. The van der Waals surface area contributed by atoms with Crippen molar-refractivity contribution >= 4 is 17.5 Å². The molecule has 2 N–H and O–H groups in total. The highest BCUT2D eigenvalue weighted by molar-refractivity contribution is 5.69. The molecule has 2 aromatic carbocycles. The first-order valence-corrected chi connectivity index (χ1v) is 10.3. The lowest BCUT2D eigenvalue weighted by Gasteiger charge is -2.15. The molecular formula is C23H26F3N5O3. The van der Waals surface area contributed by atoms with Crippen molar-refractivity contribution in [2.24, 2.45) is 0 Å². The highest BCUT2D eigenvalue weighted by Gasteiger charge is 2.31. The molecule has 0 saturated heterocycles. The molecule has 0 spiro atoms. The van der Waals surface area contributed by atoms with Gasteiger partial charge in [-0.1, -0.05) is 12.1 Å². The van der Waals surface area contributed by atoms with Crippen molar-refractivity contribution in [1.29, 1.82) is 0 Å². The summed E-state index contributed by atoms with van der Waals surface area (Å²) < 4.78 is 52.7. The summed E-state index contributed by atoms with van der Waals surface area (Å²) in [6.45, 7) is 1.31. The fraction of sp³-hybridized carbons (Fsp3) is 0.304. The number of likely N-dealkylation sites (N-methyl/N-ethyl adjacent to an activating group) is 1. The summed E-state index contributed by atoms with van der Waals surface area (Å²) in [5.41, 5.74) is 1.53. The third-order valence-corrected chi connectivity index (χ3v) is 4.59. The predicted octanol–water partition coefficient (Wildman–Crippen LogP) is 4.78. The van der Waals surface area contributed by atoms with Gasteiger partial charge in [-0.2, -0.15) is 4.98 Å². The van der Waals surface area contributed by atoms with Crippen LogP contribution in [0.5, 0.6) is 17.2 Å². The van der Waals surface area contributed by atoms with E-state index in [4.69, 9.17) is 9.47 Å². The topological polar surface area (TPSA) is 80.8 Å². The number of halogens is 3. The summed E-state index contributed by atoms with van der Waals surface area (Å²) in [6.07, 6.45) is -4.79. The Hall–Kier alpha value is -3.73. The fourth-order valence-corrected chi connectivity index (χ4v) is 3.04. The molecule has 0 fully saturated rings. The molecule has 34 heavy (non-hydrogen) atoms. The first kappa shape index (κ1) is 24.9. The Morgan fingerprint density at radius 3 is 2.38 bits per heavy atom. The van der Waals surface area contributed by atoms with E-state index in [1.807, 2.05) is 19.0 Å². The SMILES string of the molecule is COc1ccc(Nc2cc(-c3cccc(OC(F)(F)F)c3)nc(NCCN(C)C)n2)cc1OC. The lowest BCUT2D eigenvalue weighted by Crippen LogP contribution is -2.21. The fourth-order valence-electron chi connectivity index (χ4n) is 3.04. The minimum Gasteiger partial charge on any atom is -0.493 e. The molecule has 0 aliphatic carbocycles. The normalized spacial score (nSPS) is 11.3. The van der Waals surface area contributed by atoms with Crippen LogP contribution in [0.3, 0.4) is 0 Å². The number of nitrogens with zero attached hydrogens (tertiary/aromatic N) is 3. The second-order valence-electron chi connectivity index (χ2n) is 7.46. The third-order valence-electron chi connectivity index (χ3n) is 4.59. The zero-order valence-corrected chi connectivity index (χ0v) is 19.2. The maximum atomic E-state index is 12.7. The van der Waals surface area contributed by atoms with Gasteiger partial charge in [-0.15, -0.1) is 13.2 Å². The molecule has 1 heterocycles. The van der Waals surface area contributed by atoms with Crippen LogP contribution < -0.4 is 24.8 Å². The Labute approximate surface area is 195 Å². The molecule has 0 amide bonds. The van der Waals surface area contributed by atoms with Gasteiger partial charge in [0.05, 0.1) is 19.9 Å². The maximum Gasteiger partial charge on any atom is 0.573 e. The molecule has 0 radical (unpaired) electrons. The number of rotatable bonds is 10. The van der Waals surface area contributed by atoms with Gasteiger partial charge in [0, 0.05) is 36.5 Å². The first-order chi connectivity index (χ1) is 16.2. The Balaban J connectivity index is 1.95. The van der Waals surface area contributed by atoms with Crippen LogP contribution in [0.15, 0.2) is 48.5 Å². The number of nitrogens with one attached hydrogen (secondary N) is 2. The van der Waals surface area contributed by atoms with E-state index in [1.54, 1.807) is 37.4 Å². The number of ether oxygens (including phenoxy) is 3. The zero-order valence-electron chi connectivity index (χ0n) is 19.2. The largest absolute Gasteiger partial charge is 0.573 e. The summed E-state index contributed by atoms with van der Waals surface area (Å²) in [5, 5.41) is 6.33. The molecule has 0 saturated carbocycles. The van der Waals surface area contributed by atoms with Crippen molar-refractivity contribution in [3.8, 4) is 28.5 Å². The van der Waals surface area contributed by atoms with Crippen LogP contribution >= 0.6 is 0 Å². The van der Waals surface area contributed by atoms with E-state index in [9.17, 15) is 13.2 Å². The van der Waals surface area contributed by atoms with E-state index in [0.29, 0.717) is 46.8 Å². The summed E-state index contributed by atoms with van der Waals surface area (Å²) in [4.78, 5) is 11.0. The van der Waals surface area contributed by atoms with Gasteiger partial charge in [0.2, 0.25) is 5.95 Å². The lowest BCUT2D eigenvalue weighted by molar-refractivity contribution is -0.274. The molecule has 11 heteroatoms. The number of alkyl halides is 3. The van der Waals surface area contributed by atoms with E-state index < -0.39 is 6.36 Å². The summed E-state index contributed by atoms with van der Waals surface area (Å²) >= 11 is 0. The second-order valence-corrected chi connectivity index (χ2v) is 7.46. The van der Waals surface area contributed by atoms with Crippen LogP contribution in [0, 0.1) is 0 Å². The molecule has 0 atom stereocenters. The number of anilines is 3. The Kier molecular flexibility index (Phi) is 8.00. The second kappa shape index (κ2) is 10.9. The van der Waals surface area contributed by atoms with E-state index in [1.165, 1.54) is 25.3 Å². The van der Waals surface area contributed by atoms with Crippen LogP contribution in [0.2, 0.25) is 0 Å². The van der Waals surface area contributed by atoms with Crippen LogP contribution in [-0.4, -0.2) is 62.6 Å². The van der Waals surface area contributed by atoms with Crippen molar-refractivity contribution in [2.75, 3.05) is 52.0 Å². The summed E-state index contributed by atoms with van der Waals surface area (Å²) in [7, 11) is 6.96. The number of hydrogen-bond donors (Lipinski definition) is 2. The predicted molar refractivity (Wildman–Crippen MR) is 124 cm³/mol. The average Bonchev–Trinajstić information content (AvgIpc) is 2.77. The smallest absolute Gasteiger partial charge is 0.493 e. The minimum atomic E-state index is -4.79. The molecule has 0 unspecified atom stereocenters. The zero-order chi connectivity index (χ0) is 24.7. The van der Waals surface area contributed by atoms with Gasteiger partial charge in [-0.3, -0.25) is 0 Å². The van der Waals surface area contributed by atoms with Crippen molar-refractivity contribution in [2.45, 2.75) is 6.36 Å². The van der Waals surface area contributed by atoms with Crippen molar-refractivity contribution < 1.29 is 27.4 Å². The molecule has 3 rings (SSSR count). The number of hydrogen-bond acceptors (Lipinski definition) is 8. The molecule has 0 aliphatic heterocycles. The van der Waals surface area contributed by atoms with Gasteiger partial charge >= 0.3 is 6.36 Å². The van der Waals surface area contributed by atoms with Gasteiger partial charge in [-0.25, -0.2) is 4.98 Å². The molecule has 3 aromatic rings. The quantitative estimate of drug-likeness (QED) is 0.432. The third kappa shape index (κ3) is 7.14. The van der Waals surface area contributed by atoms with Gasteiger partial charge < -0.3 is 29.7 Å². The monoisotopic (exact) mass is 477 g/mol. The van der Waals surface area contributed by atoms with Gasteiger partial charge in [0.15, 0.2) is 11.5 Å². The van der Waals surface area contributed by atoms with E-state index in [-0.39, 0.29) is 5.75 Å². The number of aromatic nitrogens is 2. The van der Waals surface area contributed by atoms with Gasteiger partial charge in [-0.05, 0) is 38.4 Å². The first-order valence-electron chi connectivity index (χ1n) is 10.3. The van der Waals surface area contributed by atoms with Crippen molar-refractivity contribution in [3.63, 3.8) is 0 Å². The minimum absolute atomic E-state index is 0.324. The van der Waals surface area contributed by atoms with Crippen LogP contribution in [0.1, 0.15) is 0 Å². The summed E-state index contributed by atoms with van der Waals surface area (Å²) in [6, 6.07) is 12.6. The molecule has 182 valence electrons. The highest BCUT2D eigenvalue weighted by Crippen LogP contribution is 2.32. The van der Waals surface area contributed by atoms with E-state index in [0.717, 1.165) is 6.54 Å². The molecule has 1 aromatic heterocycles. The van der Waals surface area contributed by atoms with E-state index in [2.05, 4.69) is 25.3 Å². The number of methoxy groups -OCH3 is 2. The standard InChI is InChI=1S/C23H26F3N5O3/c1-31(2)11-10-27-22-29-18(15-6-5-7-17(12-15)34-23(24,25)26)14-21(30-22)28-16-8-9-19(32-3)20(13-16)33-4/h5-9,12-14H,10-11H2,1-4H3,(H2,27,28,29,30). The molecular weight excluding hydrogens is 451 g/mol. The Morgan fingerprint density at radius 2 is 1.71 bits per heavy atom. The number of benzene rings is 2. The summed E-state index contributed by atoms with van der Waals surface area (Å²) in [5.74, 6) is 1.53. The van der Waals surface area contributed by atoms with Crippen molar-refractivity contribution in [1.82, 2.24) is 14.9 Å². The average molecular weight is 477 g/mol.